The molecular weight excluding hydrogens is 250 g/mol. The summed E-state index contributed by atoms with van der Waals surface area (Å²) in [6.45, 7) is 0. The molecule has 1 aromatic carbocycles. The number of halogens is 2. The fourth-order valence-electron chi connectivity index (χ4n) is 0.579. The monoisotopic (exact) mass is 254 g/mol. The van der Waals surface area contributed by atoms with Crippen molar-refractivity contribution in [1.29, 1.82) is 5.39 Å². The van der Waals surface area contributed by atoms with Crippen LogP contribution in [0.5, 0.6) is 0 Å². The molecule has 0 saturated carbocycles. The third kappa shape index (κ3) is 4.51. The number of hydrogen-bond donors (Lipinski definition) is 1. The number of diazo groups is 1. The van der Waals surface area contributed by atoms with Crippen LogP contribution in [-0.4, -0.2) is 0 Å². The summed E-state index contributed by atoms with van der Waals surface area (Å²) in [7, 11) is 0. The molecular formula is C6H6Cl2N3Zn-. The average Bonchev–Trinajstić information content (AvgIpc) is 1.89. The first kappa shape index (κ1) is 17.7. The predicted molar refractivity (Wildman–Crippen MR) is 35.6 cm³/mol. The molecule has 0 aliphatic rings. The Morgan fingerprint density at radius 1 is 1.17 bits per heavy atom. The van der Waals surface area contributed by atoms with Gasteiger partial charge in [0.1, 0.15) is 5.69 Å². The quantitative estimate of drug-likeness (QED) is 0.290. The van der Waals surface area contributed by atoms with E-state index in [4.69, 9.17) is 11.1 Å². The molecule has 0 unspecified atom stereocenters. The molecule has 3 nitrogen and oxygen atoms in total. The van der Waals surface area contributed by atoms with Crippen molar-refractivity contribution in [3.8, 4) is 0 Å². The molecule has 6 heteroatoms. The number of nitrogens with zero attached hydrogens (tertiary/aromatic N) is 2. The molecule has 0 amide bonds. The zero-order chi connectivity index (χ0) is 6.69. The van der Waals surface area contributed by atoms with Gasteiger partial charge < -0.3 is 30.5 Å². The molecule has 0 aromatic heterocycles. The molecule has 0 spiro atoms. The van der Waals surface area contributed by atoms with Gasteiger partial charge in [0.2, 0.25) is 5.39 Å². The van der Waals surface area contributed by atoms with Gasteiger partial charge in [-0.3, -0.25) is 0 Å². The fourth-order valence-corrected chi connectivity index (χ4v) is 0.579. The minimum Gasteiger partial charge on any atom is -1.00 e. The largest absolute Gasteiger partial charge is 1.00 e. The van der Waals surface area contributed by atoms with Crippen LogP contribution in [0.2, 0.25) is 0 Å². The number of para-hydroxylation sites is 1. The van der Waals surface area contributed by atoms with Gasteiger partial charge in [-0.1, -0.05) is 12.1 Å². The Morgan fingerprint density at radius 3 is 2.00 bits per heavy atom. The third-order valence-corrected chi connectivity index (χ3v) is 1.04. The minimum atomic E-state index is 0. The van der Waals surface area contributed by atoms with Gasteiger partial charge in [0, 0.05) is 25.5 Å². The van der Waals surface area contributed by atoms with E-state index in [0.29, 0.717) is 11.4 Å². The molecule has 12 heavy (non-hydrogen) atoms. The van der Waals surface area contributed by atoms with Crippen molar-refractivity contribution < 1.29 is 44.3 Å². The number of hydrogen-bond acceptors (Lipinski definition) is 2. The zero-order valence-corrected chi connectivity index (χ0v) is 10.7. The van der Waals surface area contributed by atoms with Crippen LogP contribution in [0, 0.1) is 5.39 Å². The second-order valence-corrected chi connectivity index (χ2v) is 1.66. The topological polar surface area (TPSA) is 54.2 Å². The van der Waals surface area contributed by atoms with Gasteiger partial charge in [0.05, 0.1) is 0 Å². The van der Waals surface area contributed by atoms with Gasteiger partial charge in [-0.2, -0.15) is 0 Å². The molecule has 2 N–H and O–H groups in total. The van der Waals surface area contributed by atoms with E-state index in [0.717, 1.165) is 0 Å². The Hall–Kier alpha value is -0.357. The van der Waals surface area contributed by atoms with Crippen molar-refractivity contribution in [3.05, 3.63) is 29.2 Å². The van der Waals surface area contributed by atoms with Crippen LogP contribution in [0.15, 0.2) is 24.3 Å². The first-order valence-corrected chi connectivity index (χ1v) is 2.54. The van der Waals surface area contributed by atoms with E-state index in [1.165, 1.54) is 0 Å². The van der Waals surface area contributed by atoms with E-state index in [1.54, 1.807) is 24.3 Å². The Kier molecular flexibility index (Phi) is 12.9. The van der Waals surface area contributed by atoms with E-state index >= 15 is 0 Å². The summed E-state index contributed by atoms with van der Waals surface area (Å²) in [5, 5.41) is 8.26. The summed E-state index contributed by atoms with van der Waals surface area (Å²) < 4.78 is 0. The molecule has 1 aromatic rings. The van der Waals surface area contributed by atoms with Crippen molar-refractivity contribution in [2.24, 2.45) is 0 Å². The minimum absolute atomic E-state index is 0. The average molecular weight is 256 g/mol. The van der Waals surface area contributed by atoms with Gasteiger partial charge >= 0.3 is 5.69 Å². The van der Waals surface area contributed by atoms with E-state index in [9.17, 15) is 0 Å². The Balaban J connectivity index is -0.000000270. The van der Waals surface area contributed by atoms with Crippen LogP contribution in [0.1, 0.15) is 0 Å². The van der Waals surface area contributed by atoms with E-state index in [-0.39, 0.29) is 44.3 Å². The van der Waals surface area contributed by atoms with Gasteiger partial charge in [-0.15, -0.1) is 0 Å². The van der Waals surface area contributed by atoms with Crippen molar-refractivity contribution in [2.75, 3.05) is 5.73 Å². The number of anilines is 1. The Labute approximate surface area is 95.9 Å². The normalized spacial score (nSPS) is 6.25. The Bertz CT molecular complexity index is 261. The second kappa shape index (κ2) is 8.74. The summed E-state index contributed by atoms with van der Waals surface area (Å²) in [6.07, 6.45) is 0. The summed E-state index contributed by atoms with van der Waals surface area (Å²) in [5.41, 5.74) is 6.28. The standard InChI is InChI=1S/C6H6N3.2ClH.Zn/c7-5-3-1-2-4-6(5)9-8;;;/h1-4H,7H2;2*1H;/q+1;;;/p-2. The second-order valence-electron chi connectivity index (χ2n) is 1.66. The molecule has 62 valence electrons. The maximum absolute atomic E-state index is 8.26. The van der Waals surface area contributed by atoms with E-state index in [2.05, 4.69) is 4.98 Å². The van der Waals surface area contributed by atoms with Crippen molar-refractivity contribution in [1.82, 2.24) is 0 Å². The summed E-state index contributed by atoms with van der Waals surface area (Å²) >= 11 is 0. The molecule has 0 bridgehead atoms. The van der Waals surface area contributed by atoms with Crippen molar-refractivity contribution >= 4 is 11.4 Å². The van der Waals surface area contributed by atoms with Gasteiger partial charge in [-0.05, 0) is 6.07 Å². The SMILES string of the molecule is N#[N+]c1ccccc1N.[Cl-].[Cl-].[Zn]. The fraction of sp³-hybridized carbons (Fsp3) is 0. The molecule has 0 radical (unpaired) electrons. The maximum atomic E-state index is 8.26. The van der Waals surface area contributed by atoms with E-state index < -0.39 is 0 Å². The van der Waals surface area contributed by atoms with E-state index in [1.807, 2.05) is 0 Å². The molecule has 0 aliphatic carbocycles. The number of rotatable bonds is 0. The third-order valence-electron chi connectivity index (χ3n) is 1.04. The van der Waals surface area contributed by atoms with Gasteiger partial charge in [0.25, 0.3) is 0 Å². The maximum Gasteiger partial charge on any atom is 0.407 e. The molecule has 0 fully saturated rings. The van der Waals surface area contributed by atoms with Crippen LogP contribution in [0.4, 0.5) is 11.4 Å². The van der Waals surface area contributed by atoms with Crippen LogP contribution < -0.4 is 30.5 Å². The summed E-state index contributed by atoms with van der Waals surface area (Å²) in [6, 6.07) is 6.85. The van der Waals surface area contributed by atoms with Gasteiger partial charge in [0.15, 0.2) is 4.98 Å². The van der Waals surface area contributed by atoms with Crippen LogP contribution in [0.25, 0.3) is 4.98 Å². The van der Waals surface area contributed by atoms with Crippen LogP contribution >= 0.6 is 0 Å². The Morgan fingerprint density at radius 2 is 1.67 bits per heavy atom. The zero-order valence-electron chi connectivity index (χ0n) is 6.24. The summed E-state index contributed by atoms with van der Waals surface area (Å²) in [5.74, 6) is 0. The molecule has 0 heterocycles. The molecule has 0 saturated heterocycles. The van der Waals surface area contributed by atoms with Gasteiger partial charge in [-0.25, -0.2) is 0 Å². The number of benzene rings is 1. The smallest absolute Gasteiger partial charge is 0.407 e. The summed E-state index contributed by atoms with van der Waals surface area (Å²) in [4.78, 5) is 2.95. The number of nitrogen functional groups attached to an aromatic ring is 1. The molecule has 0 aliphatic heterocycles. The van der Waals surface area contributed by atoms with Crippen LogP contribution in [0.3, 0.4) is 0 Å². The van der Waals surface area contributed by atoms with Crippen LogP contribution in [-0.2, 0) is 19.5 Å². The first-order chi connectivity index (χ1) is 4.34. The molecule has 1 rings (SSSR count). The number of nitrogens with two attached hydrogens (primary N) is 1. The molecule has 0 atom stereocenters. The van der Waals surface area contributed by atoms with Crippen molar-refractivity contribution in [2.45, 2.75) is 0 Å². The first-order valence-electron chi connectivity index (χ1n) is 2.54. The predicted octanol–water partition coefficient (Wildman–Crippen LogP) is -4.24. The van der Waals surface area contributed by atoms with Crippen molar-refractivity contribution in [3.63, 3.8) is 0 Å².